The molecular formula is C20H22N4O4S. The molecule has 1 aromatic carbocycles. The number of methoxy groups -OCH3 is 1. The fraction of sp³-hybridized carbons (Fsp3) is 0.450. The highest BCUT2D eigenvalue weighted by Gasteiger charge is 2.40. The number of anilines is 1. The third-order valence-corrected chi connectivity index (χ3v) is 6.14. The number of hydrogen-bond acceptors (Lipinski definition) is 7. The van der Waals surface area contributed by atoms with E-state index in [-0.39, 0.29) is 17.9 Å². The lowest BCUT2D eigenvalue weighted by Gasteiger charge is -2.24. The van der Waals surface area contributed by atoms with Crippen LogP contribution in [0, 0.1) is 0 Å². The number of imide groups is 1. The molecule has 1 aliphatic heterocycles. The van der Waals surface area contributed by atoms with E-state index in [1.807, 2.05) is 0 Å². The van der Waals surface area contributed by atoms with Crippen LogP contribution < -0.4 is 5.32 Å². The summed E-state index contributed by atoms with van der Waals surface area (Å²) in [5.41, 5.74) is 0.967. The summed E-state index contributed by atoms with van der Waals surface area (Å²) in [5, 5.41) is 11.5. The van der Waals surface area contributed by atoms with Crippen molar-refractivity contribution in [2.45, 2.75) is 51.2 Å². The Morgan fingerprint density at radius 1 is 1.14 bits per heavy atom. The third kappa shape index (κ3) is 3.92. The van der Waals surface area contributed by atoms with Crippen molar-refractivity contribution >= 4 is 34.2 Å². The van der Waals surface area contributed by atoms with Gasteiger partial charge in [-0.25, -0.2) is 0 Å². The van der Waals surface area contributed by atoms with Crippen molar-refractivity contribution < 1.29 is 19.1 Å². The Kier molecular flexibility index (Phi) is 5.68. The van der Waals surface area contributed by atoms with Crippen molar-refractivity contribution in [2.75, 3.05) is 12.4 Å². The molecule has 0 saturated heterocycles. The SMILES string of the molecule is COCc1nnc(NC(=O)c2ccc3c(c2)C(=O)N(C2CCCCCC2)C3=O)s1. The van der Waals surface area contributed by atoms with Crippen LogP contribution in [0.4, 0.5) is 5.13 Å². The monoisotopic (exact) mass is 414 g/mol. The number of rotatable bonds is 5. The van der Waals surface area contributed by atoms with E-state index in [1.165, 1.54) is 22.3 Å². The van der Waals surface area contributed by atoms with Crippen LogP contribution in [-0.2, 0) is 11.3 Å². The highest BCUT2D eigenvalue weighted by molar-refractivity contribution is 7.15. The first-order valence-corrected chi connectivity index (χ1v) is 10.5. The topological polar surface area (TPSA) is 101 Å². The predicted octanol–water partition coefficient (Wildman–Crippen LogP) is 3.26. The van der Waals surface area contributed by atoms with Gasteiger partial charge in [0.25, 0.3) is 17.7 Å². The van der Waals surface area contributed by atoms with E-state index < -0.39 is 5.91 Å². The maximum absolute atomic E-state index is 13.0. The van der Waals surface area contributed by atoms with E-state index in [4.69, 9.17) is 4.74 Å². The predicted molar refractivity (Wildman–Crippen MR) is 107 cm³/mol. The molecule has 1 N–H and O–H groups in total. The van der Waals surface area contributed by atoms with Crippen LogP contribution in [0.25, 0.3) is 0 Å². The molecule has 0 radical (unpaired) electrons. The normalized spacial score (nSPS) is 17.3. The molecule has 0 unspecified atom stereocenters. The first-order valence-electron chi connectivity index (χ1n) is 9.73. The van der Waals surface area contributed by atoms with E-state index in [9.17, 15) is 14.4 Å². The largest absolute Gasteiger partial charge is 0.377 e. The van der Waals surface area contributed by atoms with Gasteiger partial charge in [0.2, 0.25) is 5.13 Å². The van der Waals surface area contributed by atoms with Crippen LogP contribution in [0.15, 0.2) is 18.2 Å². The lowest BCUT2D eigenvalue weighted by molar-refractivity contribution is 0.0569. The molecule has 0 bridgehead atoms. The maximum Gasteiger partial charge on any atom is 0.261 e. The molecule has 4 rings (SSSR count). The Hall–Kier alpha value is -2.65. The average Bonchev–Trinajstić information content (AvgIpc) is 3.12. The minimum Gasteiger partial charge on any atom is -0.377 e. The average molecular weight is 414 g/mol. The van der Waals surface area contributed by atoms with Crippen LogP contribution in [0.5, 0.6) is 0 Å². The molecule has 2 aromatic rings. The van der Waals surface area contributed by atoms with Gasteiger partial charge >= 0.3 is 0 Å². The molecule has 1 fully saturated rings. The van der Waals surface area contributed by atoms with Crippen molar-refractivity contribution in [3.63, 3.8) is 0 Å². The van der Waals surface area contributed by atoms with E-state index in [0.29, 0.717) is 33.4 Å². The number of carbonyl (C=O) groups is 3. The molecule has 2 heterocycles. The number of nitrogens with zero attached hydrogens (tertiary/aromatic N) is 3. The molecule has 29 heavy (non-hydrogen) atoms. The van der Waals surface area contributed by atoms with Crippen molar-refractivity contribution in [2.24, 2.45) is 0 Å². The zero-order chi connectivity index (χ0) is 20.4. The van der Waals surface area contributed by atoms with Gasteiger partial charge in [0, 0.05) is 18.7 Å². The van der Waals surface area contributed by atoms with Crippen LogP contribution >= 0.6 is 11.3 Å². The summed E-state index contributed by atoms with van der Waals surface area (Å²) in [6.07, 6.45) is 6.03. The van der Waals surface area contributed by atoms with Gasteiger partial charge in [0.15, 0.2) is 0 Å². The van der Waals surface area contributed by atoms with E-state index in [0.717, 1.165) is 38.5 Å². The standard InChI is InChI=1S/C20H22N4O4S/c1-28-11-16-22-23-20(29-16)21-17(25)12-8-9-14-15(10-12)19(27)24(18(14)26)13-6-4-2-3-5-7-13/h8-10,13H,2-7,11H2,1H3,(H,21,23,25). The second kappa shape index (κ2) is 8.38. The molecule has 2 aliphatic rings. The number of carbonyl (C=O) groups excluding carboxylic acids is 3. The Balaban J connectivity index is 1.52. The lowest BCUT2D eigenvalue weighted by Crippen LogP contribution is -2.39. The van der Waals surface area contributed by atoms with Crippen LogP contribution in [0.2, 0.25) is 0 Å². The number of benzene rings is 1. The van der Waals surface area contributed by atoms with Crippen LogP contribution in [-0.4, -0.2) is 46.0 Å². The molecule has 8 nitrogen and oxygen atoms in total. The summed E-state index contributed by atoms with van der Waals surface area (Å²) < 4.78 is 4.99. The quantitative estimate of drug-likeness (QED) is 0.595. The summed E-state index contributed by atoms with van der Waals surface area (Å²) in [7, 11) is 1.56. The summed E-state index contributed by atoms with van der Waals surface area (Å²) >= 11 is 1.22. The minimum absolute atomic E-state index is 0.0530. The third-order valence-electron chi connectivity index (χ3n) is 5.33. The molecule has 0 spiro atoms. The molecule has 1 saturated carbocycles. The fourth-order valence-corrected chi connectivity index (χ4v) is 4.61. The number of aromatic nitrogens is 2. The highest BCUT2D eigenvalue weighted by Crippen LogP contribution is 2.31. The summed E-state index contributed by atoms with van der Waals surface area (Å²) in [6.45, 7) is 0.319. The smallest absolute Gasteiger partial charge is 0.261 e. The van der Waals surface area contributed by atoms with Crippen molar-refractivity contribution in [3.8, 4) is 0 Å². The zero-order valence-electron chi connectivity index (χ0n) is 16.1. The second-order valence-electron chi connectivity index (χ2n) is 7.27. The Morgan fingerprint density at radius 2 is 1.86 bits per heavy atom. The Morgan fingerprint density at radius 3 is 2.59 bits per heavy atom. The van der Waals surface area contributed by atoms with Gasteiger partial charge in [-0.2, -0.15) is 0 Å². The van der Waals surface area contributed by atoms with Gasteiger partial charge in [-0.05, 0) is 31.0 Å². The maximum atomic E-state index is 13.0. The van der Waals surface area contributed by atoms with E-state index >= 15 is 0 Å². The molecule has 9 heteroatoms. The zero-order valence-corrected chi connectivity index (χ0v) is 17.0. The fourth-order valence-electron chi connectivity index (χ4n) is 3.90. The molecular weight excluding hydrogens is 392 g/mol. The Labute approximate surface area is 172 Å². The highest BCUT2D eigenvalue weighted by atomic mass is 32.1. The molecule has 152 valence electrons. The lowest BCUT2D eigenvalue weighted by atomic mass is 10.1. The van der Waals surface area contributed by atoms with E-state index in [1.54, 1.807) is 19.2 Å². The Bertz CT molecular complexity index is 950. The number of fused-ring (bicyclic) bond motifs is 1. The van der Waals surface area contributed by atoms with Crippen molar-refractivity contribution in [1.29, 1.82) is 0 Å². The summed E-state index contributed by atoms with van der Waals surface area (Å²) in [5.74, 6) is -0.955. The van der Waals surface area contributed by atoms with Gasteiger partial charge < -0.3 is 4.74 Å². The minimum atomic E-state index is -0.402. The number of hydrogen-bond donors (Lipinski definition) is 1. The first kappa shape index (κ1) is 19.7. The summed E-state index contributed by atoms with van der Waals surface area (Å²) in [4.78, 5) is 39.8. The first-order chi connectivity index (χ1) is 14.1. The molecule has 3 amide bonds. The van der Waals surface area contributed by atoms with Crippen LogP contribution in [0.1, 0.15) is 74.6 Å². The van der Waals surface area contributed by atoms with Gasteiger partial charge in [0.1, 0.15) is 11.6 Å². The molecule has 1 aliphatic carbocycles. The second-order valence-corrected chi connectivity index (χ2v) is 8.34. The molecule has 1 aromatic heterocycles. The van der Waals surface area contributed by atoms with Gasteiger partial charge in [-0.1, -0.05) is 37.0 Å². The number of nitrogens with one attached hydrogen (secondary N) is 1. The molecule has 0 atom stereocenters. The van der Waals surface area contributed by atoms with Crippen molar-refractivity contribution in [1.82, 2.24) is 15.1 Å². The van der Waals surface area contributed by atoms with E-state index in [2.05, 4.69) is 15.5 Å². The van der Waals surface area contributed by atoms with Crippen molar-refractivity contribution in [3.05, 3.63) is 39.9 Å². The number of amides is 3. The van der Waals surface area contributed by atoms with Gasteiger partial charge in [-0.15, -0.1) is 10.2 Å². The number of ether oxygens (including phenoxy) is 1. The van der Waals surface area contributed by atoms with Gasteiger partial charge in [-0.3, -0.25) is 24.6 Å². The summed E-state index contributed by atoms with van der Waals surface area (Å²) in [6, 6.07) is 4.58. The van der Waals surface area contributed by atoms with Gasteiger partial charge in [0.05, 0.1) is 11.1 Å². The van der Waals surface area contributed by atoms with Crippen LogP contribution in [0.3, 0.4) is 0 Å².